The van der Waals surface area contributed by atoms with Gasteiger partial charge in [0.25, 0.3) is 0 Å². The van der Waals surface area contributed by atoms with Gasteiger partial charge in [0.2, 0.25) is 5.91 Å². The molecule has 1 saturated heterocycles. The third kappa shape index (κ3) is 3.74. The van der Waals surface area contributed by atoms with Gasteiger partial charge in [0.15, 0.2) is 0 Å². The van der Waals surface area contributed by atoms with Crippen molar-refractivity contribution in [3.05, 3.63) is 29.8 Å². The SMILES string of the molecule is CN(C(=O)C1CCCN1)c1ccc(C(C)(C)C)cc1.Cl. The molecule has 0 aliphatic carbocycles. The van der Waals surface area contributed by atoms with E-state index in [9.17, 15) is 4.79 Å². The molecule has 2 rings (SSSR count). The highest BCUT2D eigenvalue weighted by atomic mass is 35.5. The van der Waals surface area contributed by atoms with E-state index in [2.05, 4.69) is 38.2 Å². The van der Waals surface area contributed by atoms with E-state index in [0.717, 1.165) is 25.1 Å². The van der Waals surface area contributed by atoms with E-state index in [4.69, 9.17) is 0 Å². The van der Waals surface area contributed by atoms with E-state index in [1.165, 1.54) is 5.56 Å². The second kappa shape index (κ2) is 6.59. The van der Waals surface area contributed by atoms with Crippen LogP contribution in [-0.4, -0.2) is 25.5 Å². The second-order valence-electron chi connectivity index (χ2n) is 6.34. The lowest BCUT2D eigenvalue weighted by atomic mass is 9.87. The molecule has 1 aliphatic rings. The van der Waals surface area contributed by atoms with Gasteiger partial charge in [-0.05, 0) is 42.5 Å². The number of amides is 1. The van der Waals surface area contributed by atoms with Crippen LogP contribution in [0.5, 0.6) is 0 Å². The molecule has 0 radical (unpaired) electrons. The van der Waals surface area contributed by atoms with E-state index in [1.807, 2.05) is 19.2 Å². The quantitative estimate of drug-likeness (QED) is 0.909. The fraction of sp³-hybridized carbons (Fsp3) is 0.562. The molecule has 4 heteroatoms. The number of anilines is 1. The molecule has 1 aliphatic heterocycles. The first-order chi connectivity index (χ1) is 8.89. The maximum absolute atomic E-state index is 12.3. The Bertz CT molecular complexity index is 445. The third-order valence-electron chi connectivity index (χ3n) is 3.81. The Morgan fingerprint density at radius 1 is 1.25 bits per heavy atom. The number of benzene rings is 1. The molecule has 1 N–H and O–H groups in total. The average molecular weight is 297 g/mol. The molecule has 1 atom stereocenters. The number of carbonyl (C=O) groups excluding carboxylic acids is 1. The molecule has 1 heterocycles. The minimum absolute atomic E-state index is 0. The standard InChI is InChI=1S/C16H24N2O.ClH/c1-16(2,3)12-7-9-13(10-8-12)18(4)15(19)14-6-5-11-17-14;/h7-10,14,17H,5-6,11H2,1-4H3;1H. The monoisotopic (exact) mass is 296 g/mol. The molecule has 1 fully saturated rings. The highest BCUT2D eigenvalue weighted by molar-refractivity contribution is 5.96. The van der Waals surface area contributed by atoms with Crippen molar-refractivity contribution in [1.29, 1.82) is 0 Å². The minimum Gasteiger partial charge on any atom is -0.314 e. The average Bonchev–Trinajstić information content (AvgIpc) is 2.90. The van der Waals surface area contributed by atoms with Gasteiger partial charge in [0.05, 0.1) is 6.04 Å². The predicted octanol–water partition coefficient (Wildman–Crippen LogP) is 3.12. The van der Waals surface area contributed by atoms with E-state index >= 15 is 0 Å². The number of hydrogen-bond acceptors (Lipinski definition) is 2. The molecule has 1 aromatic rings. The number of nitrogens with zero attached hydrogens (tertiary/aromatic N) is 1. The summed E-state index contributed by atoms with van der Waals surface area (Å²) in [7, 11) is 1.86. The molecule has 0 aromatic heterocycles. The van der Waals surface area contributed by atoms with Crippen LogP contribution in [0.2, 0.25) is 0 Å². The Balaban J connectivity index is 0.00000200. The third-order valence-corrected chi connectivity index (χ3v) is 3.81. The lowest BCUT2D eigenvalue weighted by Crippen LogP contribution is -2.41. The number of rotatable bonds is 2. The number of nitrogens with one attached hydrogen (secondary N) is 1. The largest absolute Gasteiger partial charge is 0.314 e. The lowest BCUT2D eigenvalue weighted by Gasteiger charge is -2.23. The molecule has 0 bridgehead atoms. The fourth-order valence-corrected chi connectivity index (χ4v) is 2.44. The van der Waals surface area contributed by atoms with E-state index < -0.39 is 0 Å². The van der Waals surface area contributed by atoms with Crippen molar-refractivity contribution in [3.8, 4) is 0 Å². The van der Waals surface area contributed by atoms with Crippen molar-refractivity contribution in [1.82, 2.24) is 5.32 Å². The Kier molecular flexibility index (Phi) is 5.60. The first kappa shape index (κ1) is 17.0. The van der Waals surface area contributed by atoms with Crippen LogP contribution in [0.3, 0.4) is 0 Å². The second-order valence-corrected chi connectivity index (χ2v) is 6.34. The summed E-state index contributed by atoms with van der Waals surface area (Å²) in [5.41, 5.74) is 2.40. The molecule has 20 heavy (non-hydrogen) atoms. The summed E-state index contributed by atoms with van der Waals surface area (Å²) in [6.07, 6.45) is 2.04. The van der Waals surface area contributed by atoms with Gasteiger partial charge in [-0.2, -0.15) is 0 Å². The van der Waals surface area contributed by atoms with Crippen LogP contribution in [0.4, 0.5) is 5.69 Å². The van der Waals surface area contributed by atoms with Crippen molar-refractivity contribution in [2.24, 2.45) is 0 Å². The topological polar surface area (TPSA) is 32.3 Å². The fourth-order valence-electron chi connectivity index (χ4n) is 2.44. The van der Waals surface area contributed by atoms with Gasteiger partial charge >= 0.3 is 0 Å². The van der Waals surface area contributed by atoms with Crippen LogP contribution in [-0.2, 0) is 10.2 Å². The van der Waals surface area contributed by atoms with E-state index in [0.29, 0.717) is 0 Å². The highest BCUT2D eigenvalue weighted by Gasteiger charge is 2.25. The zero-order chi connectivity index (χ0) is 14.0. The first-order valence-corrected chi connectivity index (χ1v) is 7.01. The first-order valence-electron chi connectivity index (χ1n) is 7.01. The zero-order valence-corrected chi connectivity index (χ0v) is 13.6. The number of hydrogen-bond donors (Lipinski definition) is 1. The van der Waals surface area contributed by atoms with Gasteiger partial charge in [-0.1, -0.05) is 32.9 Å². The van der Waals surface area contributed by atoms with E-state index in [-0.39, 0.29) is 29.8 Å². The van der Waals surface area contributed by atoms with Crippen LogP contribution in [0, 0.1) is 0 Å². The van der Waals surface area contributed by atoms with Gasteiger partial charge < -0.3 is 10.2 Å². The Morgan fingerprint density at radius 2 is 1.85 bits per heavy atom. The van der Waals surface area contributed by atoms with E-state index in [1.54, 1.807) is 4.90 Å². The molecule has 3 nitrogen and oxygen atoms in total. The molecule has 1 unspecified atom stereocenters. The normalized spacial score (nSPS) is 18.5. The highest BCUT2D eigenvalue weighted by Crippen LogP contribution is 2.25. The number of likely N-dealkylation sites (N-methyl/N-ethyl adjacent to an activating group) is 1. The van der Waals surface area contributed by atoms with Gasteiger partial charge in [-0.15, -0.1) is 12.4 Å². The summed E-state index contributed by atoms with van der Waals surface area (Å²) in [4.78, 5) is 14.1. The smallest absolute Gasteiger partial charge is 0.243 e. The summed E-state index contributed by atoms with van der Waals surface area (Å²) < 4.78 is 0. The van der Waals surface area contributed by atoms with Gasteiger partial charge in [-0.3, -0.25) is 4.79 Å². The van der Waals surface area contributed by atoms with Crippen LogP contribution in [0.15, 0.2) is 24.3 Å². The van der Waals surface area contributed by atoms with Crippen molar-refractivity contribution in [2.45, 2.75) is 45.1 Å². The van der Waals surface area contributed by atoms with Gasteiger partial charge in [-0.25, -0.2) is 0 Å². The molecule has 112 valence electrons. The Hall–Kier alpha value is -1.06. The maximum atomic E-state index is 12.3. The zero-order valence-electron chi connectivity index (χ0n) is 12.8. The predicted molar refractivity (Wildman–Crippen MR) is 86.8 cm³/mol. The number of halogens is 1. The lowest BCUT2D eigenvalue weighted by molar-refractivity contribution is -0.119. The van der Waals surface area contributed by atoms with Crippen LogP contribution in [0.1, 0.15) is 39.2 Å². The molecule has 1 amide bonds. The summed E-state index contributed by atoms with van der Waals surface area (Å²) in [6, 6.07) is 8.29. The number of carbonyl (C=O) groups is 1. The summed E-state index contributed by atoms with van der Waals surface area (Å²) >= 11 is 0. The van der Waals surface area contributed by atoms with Gasteiger partial charge in [0.1, 0.15) is 0 Å². The van der Waals surface area contributed by atoms with Crippen molar-refractivity contribution in [2.75, 3.05) is 18.5 Å². The minimum atomic E-state index is -0.00714. The maximum Gasteiger partial charge on any atom is 0.243 e. The summed E-state index contributed by atoms with van der Waals surface area (Å²) in [5, 5.41) is 3.25. The molecule has 1 aromatic carbocycles. The molecule has 0 spiro atoms. The summed E-state index contributed by atoms with van der Waals surface area (Å²) in [6.45, 7) is 7.53. The Labute approximate surface area is 128 Å². The summed E-state index contributed by atoms with van der Waals surface area (Å²) in [5.74, 6) is 0.168. The van der Waals surface area contributed by atoms with Gasteiger partial charge in [0, 0.05) is 12.7 Å². The molecular formula is C16H25ClN2O. The van der Waals surface area contributed by atoms with Crippen molar-refractivity contribution >= 4 is 24.0 Å². The Morgan fingerprint density at radius 3 is 2.30 bits per heavy atom. The molecular weight excluding hydrogens is 272 g/mol. The van der Waals surface area contributed by atoms with Crippen LogP contribution >= 0.6 is 12.4 Å². The van der Waals surface area contributed by atoms with Crippen molar-refractivity contribution < 1.29 is 4.79 Å². The van der Waals surface area contributed by atoms with Crippen LogP contribution < -0.4 is 10.2 Å². The molecule has 0 saturated carbocycles. The van der Waals surface area contributed by atoms with Crippen molar-refractivity contribution in [3.63, 3.8) is 0 Å². The van der Waals surface area contributed by atoms with Crippen LogP contribution in [0.25, 0.3) is 0 Å².